The van der Waals surface area contributed by atoms with Crippen LogP contribution in [-0.4, -0.2) is 29.8 Å². The summed E-state index contributed by atoms with van der Waals surface area (Å²) < 4.78 is 0. The normalized spacial score (nSPS) is 22.7. The van der Waals surface area contributed by atoms with Crippen molar-refractivity contribution in [1.29, 1.82) is 0 Å². The van der Waals surface area contributed by atoms with Gasteiger partial charge in [0.1, 0.15) is 0 Å². The predicted molar refractivity (Wildman–Crippen MR) is 59.3 cm³/mol. The highest BCUT2D eigenvalue weighted by atomic mass is 16.1. The lowest BCUT2D eigenvalue weighted by molar-refractivity contribution is -0.112. The fourth-order valence-corrected chi connectivity index (χ4v) is 1.98. The summed E-state index contributed by atoms with van der Waals surface area (Å²) in [5.41, 5.74) is 1.33. The second-order valence-electron chi connectivity index (χ2n) is 4.40. The molecule has 1 rings (SSSR count). The highest BCUT2D eigenvalue weighted by Gasteiger charge is 2.14. The van der Waals surface area contributed by atoms with Crippen LogP contribution in [0, 0.1) is 0 Å². The van der Waals surface area contributed by atoms with Crippen molar-refractivity contribution in [3.8, 4) is 0 Å². The maximum absolute atomic E-state index is 10.9. The van der Waals surface area contributed by atoms with Crippen molar-refractivity contribution in [1.82, 2.24) is 4.90 Å². The van der Waals surface area contributed by atoms with Gasteiger partial charge >= 0.3 is 0 Å². The number of ketones is 1. The molecule has 1 saturated heterocycles. The van der Waals surface area contributed by atoms with E-state index in [2.05, 4.69) is 18.7 Å². The molecule has 1 heterocycles. The van der Waals surface area contributed by atoms with Crippen molar-refractivity contribution in [2.75, 3.05) is 13.1 Å². The van der Waals surface area contributed by atoms with Crippen LogP contribution >= 0.6 is 0 Å². The van der Waals surface area contributed by atoms with Gasteiger partial charge in [-0.25, -0.2) is 0 Å². The van der Waals surface area contributed by atoms with Crippen molar-refractivity contribution in [2.45, 2.75) is 46.1 Å². The molecule has 2 heteroatoms. The standard InChI is InChI=1S/C12H21NO/c1-10(2)13-7-4-5-12(6-8-13)9-11(3)14/h9-10H,4-8H2,1-3H3/b12-9-. The van der Waals surface area contributed by atoms with E-state index in [1.54, 1.807) is 6.92 Å². The molecular weight excluding hydrogens is 174 g/mol. The second kappa shape index (κ2) is 5.30. The van der Waals surface area contributed by atoms with E-state index < -0.39 is 0 Å². The molecule has 0 aliphatic carbocycles. The van der Waals surface area contributed by atoms with Gasteiger partial charge in [-0.05, 0) is 52.7 Å². The van der Waals surface area contributed by atoms with Crippen LogP contribution in [-0.2, 0) is 4.79 Å². The Labute approximate surface area is 87.0 Å². The maximum Gasteiger partial charge on any atom is 0.152 e. The van der Waals surface area contributed by atoms with E-state index in [-0.39, 0.29) is 5.78 Å². The third-order valence-corrected chi connectivity index (χ3v) is 2.80. The van der Waals surface area contributed by atoms with Gasteiger partial charge in [0.15, 0.2) is 5.78 Å². The second-order valence-corrected chi connectivity index (χ2v) is 4.40. The van der Waals surface area contributed by atoms with Gasteiger partial charge < -0.3 is 4.90 Å². The Morgan fingerprint density at radius 1 is 1.36 bits per heavy atom. The van der Waals surface area contributed by atoms with Crippen LogP contribution in [0.15, 0.2) is 11.6 Å². The summed E-state index contributed by atoms with van der Waals surface area (Å²) in [6.45, 7) is 8.39. The SMILES string of the molecule is CC(=O)/C=C1/CCCN(C(C)C)CC1. The number of hydrogen-bond acceptors (Lipinski definition) is 2. The van der Waals surface area contributed by atoms with Crippen molar-refractivity contribution in [3.63, 3.8) is 0 Å². The van der Waals surface area contributed by atoms with Crippen LogP contribution in [0.2, 0.25) is 0 Å². The summed E-state index contributed by atoms with van der Waals surface area (Å²) in [6, 6.07) is 0.631. The molecule has 0 N–H and O–H groups in total. The van der Waals surface area contributed by atoms with Crippen LogP contribution in [0.25, 0.3) is 0 Å². The molecule has 80 valence electrons. The van der Waals surface area contributed by atoms with Crippen LogP contribution in [0.3, 0.4) is 0 Å². The van der Waals surface area contributed by atoms with Crippen molar-refractivity contribution in [2.24, 2.45) is 0 Å². The Hall–Kier alpha value is -0.630. The number of allylic oxidation sites excluding steroid dienone is 1. The van der Waals surface area contributed by atoms with Gasteiger partial charge in [-0.1, -0.05) is 5.57 Å². The summed E-state index contributed by atoms with van der Waals surface area (Å²) in [4.78, 5) is 13.4. The average molecular weight is 195 g/mol. The predicted octanol–water partition coefficient (Wildman–Crippen LogP) is 2.40. The lowest BCUT2D eigenvalue weighted by Gasteiger charge is -2.23. The Kier molecular flexibility index (Phi) is 4.33. The molecule has 0 atom stereocenters. The third kappa shape index (κ3) is 3.62. The van der Waals surface area contributed by atoms with E-state index in [1.807, 2.05) is 6.08 Å². The minimum absolute atomic E-state index is 0.193. The number of nitrogens with zero attached hydrogens (tertiary/aromatic N) is 1. The Morgan fingerprint density at radius 3 is 2.64 bits per heavy atom. The van der Waals surface area contributed by atoms with Gasteiger partial charge in [0.2, 0.25) is 0 Å². The molecule has 0 aromatic heterocycles. The first-order valence-corrected chi connectivity index (χ1v) is 5.53. The number of likely N-dealkylation sites (tertiary alicyclic amines) is 1. The molecular formula is C12H21NO. The maximum atomic E-state index is 10.9. The first-order chi connectivity index (χ1) is 6.59. The lowest BCUT2D eigenvalue weighted by Crippen LogP contribution is -2.31. The van der Waals surface area contributed by atoms with Gasteiger partial charge in [0.05, 0.1) is 0 Å². The first kappa shape index (κ1) is 11.4. The molecule has 0 aromatic rings. The quantitative estimate of drug-likeness (QED) is 0.631. The van der Waals surface area contributed by atoms with E-state index in [0.29, 0.717) is 6.04 Å². The van der Waals surface area contributed by atoms with E-state index in [4.69, 9.17) is 0 Å². The highest BCUT2D eigenvalue weighted by molar-refractivity contribution is 5.87. The number of carbonyl (C=O) groups is 1. The zero-order valence-electron chi connectivity index (χ0n) is 9.55. The van der Waals surface area contributed by atoms with Crippen molar-refractivity contribution >= 4 is 5.78 Å². The summed E-state index contributed by atoms with van der Waals surface area (Å²) in [5.74, 6) is 0.193. The summed E-state index contributed by atoms with van der Waals surface area (Å²) in [5, 5.41) is 0. The molecule has 1 aliphatic heterocycles. The van der Waals surface area contributed by atoms with Gasteiger partial charge in [-0.3, -0.25) is 4.79 Å². The lowest BCUT2D eigenvalue weighted by atomic mass is 10.1. The van der Waals surface area contributed by atoms with Gasteiger partial charge in [0, 0.05) is 12.6 Å². The summed E-state index contributed by atoms with van der Waals surface area (Å²) in [7, 11) is 0. The molecule has 0 saturated carbocycles. The van der Waals surface area contributed by atoms with Crippen LogP contribution in [0.4, 0.5) is 0 Å². The topological polar surface area (TPSA) is 20.3 Å². The summed E-state index contributed by atoms with van der Waals surface area (Å²) in [6.07, 6.45) is 5.18. The largest absolute Gasteiger partial charge is 0.301 e. The number of carbonyl (C=O) groups excluding carboxylic acids is 1. The molecule has 0 unspecified atom stereocenters. The molecule has 0 amide bonds. The molecule has 0 spiro atoms. The van der Waals surface area contributed by atoms with E-state index in [1.165, 1.54) is 18.5 Å². The Balaban J connectivity index is 2.52. The smallest absolute Gasteiger partial charge is 0.152 e. The van der Waals surface area contributed by atoms with E-state index in [9.17, 15) is 4.79 Å². The summed E-state index contributed by atoms with van der Waals surface area (Å²) >= 11 is 0. The van der Waals surface area contributed by atoms with Crippen molar-refractivity contribution < 1.29 is 4.79 Å². The minimum atomic E-state index is 0.193. The van der Waals surface area contributed by atoms with Gasteiger partial charge in [-0.15, -0.1) is 0 Å². The fourth-order valence-electron chi connectivity index (χ4n) is 1.98. The zero-order chi connectivity index (χ0) is 10.6. The monoisotopic (exact) mass is 195 g/mol. The molecule has 2 nitrogen and oxygen atoms in total. The van der Waals surface area contributed by atoms with Crippen molar-refractivity contribution in [3.05, 3.63) is 11.6 Å². The van der Waals surface area contributed by atoms with Crippen LogP contribution in [0.5, 0.6) is 0 Å². The van der Waals surface area contributed by atoms with Gasteiger partial charge in [-0.2, -0.15) is 0 Å². The average Bonchev–Trinajstić information content (AvgIpc) is 2.28. The van der Waals surface area contributed by atoms with E-state index in [0.717, 1.165) is 19.4 Å². The molecule has 14 heavy (non-hydrogen) atoms. The number of hydrogen-bond donors (Lipinski definition) is 0. The molecule has 0 bridgehead atoms. The third-order valence-electron chi connectivity index (χ3n) is 2.80. The number of rotatable bonds is 2. The van der Waals surface area contributed by atoms with Crippen LogP contribution < -0.4 is 0 Å². The minimum Gasteiger partial charge on any atom is -0.301 e. The zero-order valence-corrected chi connectivity index (χ0v) is 9.55. The fraction of sp³-hybridized carbons (Fsp3) is 0.750. The van der Waals surface area contributed by atoms with Gasteiger partial charge in [0.25, 0.3) is 0 Å². The Morgan fingerprint density at radius 2 is 2.07 bits per heavy atom. The molecule has 1 fully saturated rings. The first-order valence-electron chi connectivity index (χ1n) is 5.53. The van der Waals surface area contributed by atoms with Crippen LogP contribution in [0.1, 0.15) is 40.0 Å². The molecule has 0 radical (unpaired) electrons. The molecule has 0 aromatic carbocycles. The highest BCUT2D eigenvalue weighted by Crippen LogP contribution is 2.17. The molecule has 1 aliphatic rings. The van der Waals surface area contributed by atoms with E-state index >= 15 is 0 Å². The Bertz CT molecular complexity index is 230.